The molecular weight excluding hydrogens is 456 g/mol. The van der Waals surface area contributed by atoms with Gasteiger partial charge in [-0.3, -0.25) is 14.6 Å². The number of halogens is 2. The van der Waals surface area contributed by atoms with E-state index in [1.165, 1.54) is 29.2 Å². The molecule has 0 spiro atoms. The van der Waals surface area contributed by atoms with Crippen LogP contribution in [0.5, 0.6) is 0 Å². The number of carbonyl (C=O) groups excluding carboxylic acids is 2. The van der Waals surface area contributed by atoms with Crippen LogP contribution in [0.3, 0.4) is 0 Å². The minimum atomic E-state index is -3.15. The Labute approximate surface area is 199 Å². The first-order valence-corrected chi connectivity index (χ1v) is 11.1. The molecule has 0 radical (unpaired) electrons. The SMILES string of the molecule is O=C(NCC(=O)N1C[C@H](c2ccncc2)C[C@H]1C(=O)O)c1ccc2c(c1)-c1ccccc1C2(F)F. The van der Waals surface area contributed by atoms with E-state index in [-0.39, 0.29) is 41.1 Å². The Morgan fingerprint density at radius 1 is 1.03 bits per heavy atom. The fraction of sp³-hybridized carbons (Fsp3) is 0.231. The monoisotopic (exact) mass is 477 g/mol. The van der Waals surface area contributed by atoms with E-state index in [4.69, 9.17) is 0 Å². The maximum absolute atomic E-state index is 14.7. The third kappa shape index (κ3) is 3.92. The highest BCUT2D eigenvalue weighted by molar-refractivity contribution is 5.99. The molecule has 35 heavy (non-hydrogen) atoms. The molecule has 178 valence electrons. The van der Waals surface area contributed by atoms with E-state index in [9.17, 15) is 28.3 Å². The van der Waals surface area contributed by atoms with Crippen LogP contribution in [0.2, 0.25) is 0 Å². The number of pyridine rings is 1. The number of nitrogens with zero attached hydrogens (tertiary/aromatic N) is 2. The Morgan fingerprint density at radius 2 is 1.74 bits per heavy atom. The van der Waals surface area contributed by atoms with E-state index < -0.39 is 36.3 Å². The number of nitrogens with one attached hydrogen (secondary N) is 1. The predicted molar refractivity (Wildman–Crippen MR) is 122 cm³/mol. The van der Waals surface area contributed by atoms with Crippen LogP contribution in [-0.4, -0.2) is 51.9 Å². The van der Waals surface area contributed by atoms with Gasteiger partial charge in [-0.2, -0.15) is 8.78 Å². The second kappa shape index (κ2) is 8.57. The molecule has 3 aromatic rings. The second-order valence-electron chi connectivity index (χ2n) is 8.68. The van der Waals surface area contributed by atoms with Gasteiger partial charge in [-0.25, -0.2) is 4.79 Å². The van der Waals surface area contributed by atoms with Crippen LogP contribution in [0.25, 0.3) is 11.1 Å². The Morgan fingerprint density at radius 3 is 2.49 bits per heavy atom. The summed E-state index contributed by atoms with van der Waals surface area (Å²) in [5.41, 5.74) is 1.38. The van der Waals surface area contributed by atoms with Crippen molar-refractivity contribution in [1.29, 1.82) is 0 Å². The minimum Gasteiger partial charge on any atom is -0.480 e. The zero-order valence-corrected chi connectivity index (χ0v) is 18.4. The number of alkyl halides is 2. The Bertz CT molecular complexity index is 1330. The lowest BCUT2D eigenvalue weighted by Crippen LogP contribution is -2.45. The van der Waals surface area contributed by atoms with E-state index >= 15 is 0 Å². The molecule has 2 N–H and O–H groups in total. The third-order valence-electron chi connectivity index (χ3n) is 6.66. The molecule has 1 aromatic heterocycles. The molecule has 1 aliphatic carbocycles. The van der Waals surface area contributed by atoms with Gasteiger partial charge in [0, 0.05) is 41.5 Å². The molecule has 2 atom stereocenters. The highest BCUT2D eigenvalue weighted by Crippen LogP contribution is 2.50. The molecule has 5 rings (SSSR count). The average Bonchev–Trinajstić information content (AvgIpc) is 3.41. The number of carboxylic acid groups (broad SMARTS) is 1. The van der Waals surface area contributed by atoms with Crippen LogP contribution in [0, 0.1) is 0 Å². The van der Waals surface area contributed by atoms with Gasteiger partial charge >= 0.3 is 5.97 Å². The lowest BCUT2D eigenvalue weighted by atomic mass is 9.97. The molecule has 0 bridgehead atoms. The number of hydrogen-bond donors (Lipinski definition) is 2. The highest BCUT2D eigenvalue weighted by Gasteiger charge is 2.44. The molecular formula is C26H21F2N3O4. The van der Waals surface area contributed by atoms with E-state index in [1.54, 1.807) is 42.7 Å². The van der Waals surface area contributed by atoms with Gasteiger partial charge in [-0.1, -0.05) is 30.3 Å². The molecule has 1 saturated heterocycles. The van der Waals surface area contributed by atoms with Crippen LogP contribution in [0.15, 0.2) is 67.0 Å². The second-order valence-corrected chi connectivity index (χ2v) is 8.68. The number of carboxylic acids is 1. The van der Waals surface area contributed by atoms with Crippen LogP contribution in [-0.2, 0) is 15.5 Å². The first-order chi connectivity index (χ1) is 16.8. The number of benzene rings is 2. The maximum Gasteiger partial charge on any atom is 0.326 e. The van der Waals surface area contributed by atoms with E-state index in [0.717, 1.165) is 5.56 Å². The zero-order valence-electron chi connectivity index (χ0n) is 18.4. The largest absolute Gasteiger partial charge is 0.480 e. The number of likely N-dealkylation sites (tertiary alicyclic amines) is 1. The Balaban J connectivity index is 1.30. The summed E-state index contributed by atoms with van der Waals surface area (Å²) in [5, 5.41) is 12.1. The van der Waals surface area contributed by atoms with Crippen molar-refractivity contribution in [2.45, 2.75) is 24.3 Å². The van der Waals surface area contributed by atoms with Crippen molar-refractivity contribution >= 4 is 17.8 Å². The summed E-state index contributed by atoms with van der Waals surface area (Å²) in [4.78, 5) is 42.6. The van der Waals surface area contributed by atoms with Crippen LogP contribution in [0.1, 0.15) is 39.4 Å². The summed E-state index contributed by atoms with van der Waals surface area (Å²) in [6, 6.07) is 12.6. The molecule has 7 nitrogen and oxygen atoms in total. The summed E-state index contributed by atoms with van der Waals surface area (Å²) < 4.78 is 29.5. The number of hydrogen-bond acceptors (Lipinski definition) is 4. The fourth-order valence-corrected chi connectivity index (χ4v) is 4.90. The van der Waals surface area contributed by atoms with Gasteiger partial charge in [0.05, 0.1) is 6.54 Å². The van der Waals surface area contributed by atoms with E-state index in [0.29, 0.717) is 5.56 Å². The third-order valence-corrected chi connectivity index (χ3v) is 6.66. The van der Waals surface area contributed by atoms with Gasteiger partial charge in [-0.05, 0) is 47.4 Å². The summed E-state index contributed by atoms with van der Waals surface area (Å²) >= 11 is 0. The molecule has 0 saturated carbocycles. The number of rotatable bonds is 5. The fourth-order valence-electron chi connectivity index (χ4n) is 4.90. The molecule has 1 fully saturated rings. The first kappa shape index (κ1) is 22.6. The smallest absolute Gasteiger partial charge is 0.326 e. The lowest BCUT2D eigenvalue weighted by Gasteiger charge is -2.21. The molecule has 2 heterocycles. The maximum atomic E-state index is 14.7. The standard InChI is InChI=1S/C26H21F2N3O4/c27-26(28)20-4-2-1-3-18(20)19-11-16(5-6-21(19)26)24(33)30-13-23(32)31-14-17(12-22(31)25(34)35)15-7-9-29-10-8-15/h1-11,17,22H,12-14H2,(H,30,33)(H,34,35)/t17-,22+/m1/s1. The molecule has 0 unspecified atom stereocenters. The summed E-state index contributed by atoms with van der Waals surface area (Å²) in [6.45, 7) is -0.199. The van der Waals surface area contributed by atoms with E-state index in [2.05, 4.69) is 10.3 Å². The van der Waals surface area contributed by atoms with Gasteiger partial charge in [0.15, 0.2) is 0 Å². The van der Waals surface area contributed by atoms with Crippen molar-refractivity contribution < 1.29 is 28.3 Å². The van der Waals surface area contributed by atoms with Gasteiger partial charge in [-0.15, -0.1) is 0 Å². The average molecular weight is 477 g/mol. The number of carbonyl (C=O) groups is 3. The predicted octanol–water partition coefficient (Wildman–Crippen LogP) is 3.40. The summed E-state index contributed by atoms with van der Waals surface area (Å²) in [7, 11) is 0. The first-order valence-electron chi connectivity index (χ1n) is 11.1. The quantitative estimate of drug-likeness (QED) is 0.587. The Hall–Kier alpha value is -4.14. The number of amides is 2. The van der Waals surface area contributed by atoms with Crippen LogP contribution in [0.4, 0.5) is 8.78 Å². The van der Waals surface area contributed by atoms with Crippen LogP contribution < -0.4 is 5.32 Å². The van der Waals surface area contributed by atoms with Crippen LogP contribution >= 0.6 is 0 Å². The Kier molecular flexibility index (Phi) is 5.55. The van der Waals surface area contributed by atoms with Crippen molar-refractivity contribution in [3.63, 3.8) is 0 Å². The van der Waals surface area contributed by atoms with Crippen molar-refractivity contribution in [2.75, 3.05) is 13.1 Å². The highest BCUT2D eigenvalue weighted by atomic mass is 19.3. The molecule has 9 heteroatoms. The van der Waals surface area contributed by atoms with E-state index in [1.807, 2.05) is 0 Å². The normalized spacial score (nSPS) is 19.7. The van der Waals surface area contributed by atoms with Gasteiger partial charge in [0.1, 0.15) is 6.04 Å². The molecule has 1 aliphatic heterocycles. The topological polar surface area (TPSA) is 99.6 Å². The zero-order chi connectivity index (χ0) is 24.7. The number of fused-ring (bicyclic) bond motifs is 3. The minimum absolute atomic E-state index is 0.111. The molecule has 2 amide bonds. The van der Waals surface area contributed by atoms with Crippen molar-refractivity contribution in [2.24, 2.45) is 0 Å². The number of aromatic nitrogens is 1. The van der Waals surface area contributed by atoms with Gasteiger partial charge in [0.2, 0.25) is 5.91 Å². The lowest BCUT2D eigenvalue weighted by molar-refractivity contribution is -0.147. The van der Waals surface area contributed by atoms with Crippen molar-refractivity contribution in [3.8, 4) is 11.1 Å². The molecule has 2 aromatic carbocycles. The summed E-state index contributed by atoms with van der Waals surface area (Å²) in [6.07, 6.45) is 3.48. The van der Waals surface area contributed by atoms with Gasteiger partial charge in [0.25, 0.3) is 11.8 Å². The molecule has 2 aliphatic rings. The summed E-state index contributed by atoms with van der Waals surface area (Å²) in [5.74, 6) is -5.55. The van der Waals surface area contributed by atoms with Crippen molar-refractivity contribution in [3.05, 3.63) is 89.2 Å². The van der Waals surface area contributed by atoms with Gasteiger partial charge < -0.3 is 15.3 Å². The van der Waals surface area contributed by atoms with Crippen molar-refractivity contribution in [1.82, 2.24) is 15.2 Å². The number of aliphatic carboxylic acids is 1.